The van der Waals surface area contributed by atoms with Crippen LogP contribution < -0.4 is 0 Å². The van der Waals surface area contributed by atoms with Gasteiger partial charge in [-0.1, -0.05) is 18.2 Å². The van der Waals surface area contributed by atoms with Crippen molar-refractivity contribution in [2.24, 2.45) is 0 Å². The highest BCUT2D eigenvalue weighted by Gasteiger charge is 2.28. The third-order valence-electron chi connectivity index (χ3n) is 5.04. The van der Waals surface area contributed by atoms with Crippen LogP contribution in [0, 0.1) is 12.7 Å². The van der Waals surface area contributed by atoms with Crippen LogP contribution in [0.2, 0.25) is 0 Å². The Kier molecular flexibility index (Phi) is 4.71. The van der Waals surface area contributed by atoms with Gasteiger partial charge in [0.05, 0.1) is 0 Å². The number of halogens is 1. The van der Waals surface area contributed by atoms with Crippen molar-refractivity contribution in [2.45, 2.75) is 25.7 Å². The van der Waals surface area contributed by atoms with Gasteiger partial charge in [-0.2, -0.15) is 0 Å². The maximum absolute atomic E-state index is 13.0. The number of amides is 1. The molecular formula is C21H20FN3O2. The van der Waals surface area contributed by atoms with E-state index in [1.807, 2.05) is 36.1 Å². The zero-order valence-electron chi connectivity index (χ0n) is 15.1. The van der Waals surface area contributed by atoms with Gasteiger partial charge in [0, 0.05) is 30.1 Å². The number of piperidine rings is 1. The molecule has 4 rings (SSSR count). The minimum absolute atomic E-state index is 0.0732. The van der Waals surface area contributed by atoms with Gasteiger partial charge in [-0.25, -0.2) is 4.39 Å². The Morgan fingerprint density at radius 2 is 1.78 bits per heavy atom. The second kappa shape index (κ2) is 7.31. The van der Waals surface area contributed by atoms with Crippen molar-refractivity contribution in [2.75, 3.05) is 13.1 Å². The van der Waals surface area contributed by atoms with Crippen molar-refractivity contribution in [1.29, 1.82) is 0 Å². The van der Waals surface area contributed by atoms with Gasteiger partial charge in [0.25, 0.3) is 5.91 Å². The molecule has 0 unspecified atom stereocenters. The number of carbonyl (C=O) groups excluding carboxylic acids is 1. The number of benzene rings is 2. The van der Waals surface area contributed by atoms with Crippen molar-refractivity contribution >= 4 is 5.91 Å². The zero-order valence-corrected chi connectivity index (χ0v) is 15.1. The molecule has 1 amide bonds. The van der Waals surface area contributed by atoms with Crippen LogP contribution in [0.15, 0.2) is 52.9 Å². The highest BCUT2D eigenvalue weighted by molar-refractivity contribution is 5.95. The van der Waals surface area contributed by atoms with E-state index in [4.69, 9.17) is 4.42 Å². The maximum atomic E-state index is 13.0. The third-order valence-corrected chi connectivity index (χ3v) is 5.04. The first-order valence-electron chi connectivity index (χ1n) is 9.06. The van der Waals surface area contributed by atoms with Crippen LogP contribution in [0.1, 0.15) is 40.6 Å². The fourth-order valence-electron chi connectivity index (χ4n) is 3.42. The lowest BCUT2D eigenvalue weighted by atomic mass is 9.96. The first kappa shape index (κ1) is 17.4. The molecule has 0 atom stereocenters. The highest BCUT2D eigenvalue weighted by atomic mass is 19.1. The van der Waals surface area contributed by atoms with E-state index in [-0.39, 0.29) is 17.6 Å². The number of hydrogen-bond donors (Lipinski definition) is 0. The predicted octanol–water partition coefficient (Wildman–Crippen LogP) is 4.20. The Morgan fingerprint density at radius 3 is 2.48 bits per heavy atom. The van der Waals surface area contributed by atoms with E-state index in [1.54, 1.807) is 12.1 Å². The van der Waals surface area contributed by atoms with Crippen LogP contribution in [0.4, 0.5) is 4.39 Å². The molecule has 1 saturated heterocycles. The molecule has 1 aliphatic heterocycles. The summed E-state index contributed by atoms with van der Waals surface area (Å²) in [5, 5.41) is 8.25. The number of carbonyl (C=O) groups is 1. The van der Waals surface area contributed by atoms with Gasteiger partial charge >= 0.3 is 0 Å². The van der Waals surface area contributed by atoms with Gasteiger partial charge in [0.15, 0.2) is 0 Å². The second-order valence-corrected chi connectivity index (χ2v) is 6.83. The van der Waals surface area contributed by atoms with Gasteiger partial charge in [-0.05, 0) is 55.7 Å². The molecular weight excluding hydrogens is 345 g/mol. The summed E-state index contributed by atoms with van der Waals surface area (Å²) < 4.78 is 18.8. The third kappa shape index (κ3) is 3.60. The molecule has 2 aromatic carbocycles. The SMILES string of the molecule is Cc1ccccc1C(=O)N1CCC(c2nnc(-c3ccc(F)cc3)o2)CC1. The van der Waals surface area contributed by atoms with Crippen molar-refractivity contribution in [3.63, 3.8) is 0 Å². The molecule has 2 heterocycles. The average molecular weight is 365 g/mol. The molecule has 1 aliphatic rings. The first-order valence-corrected chi connectivity index (χ1v) is 9.06. The first-order chi connectivity index (χ1) is 13.1. The predicted molar refractivity (Wildman–Crippen MR) is 98.7 cm³/mol. The number of aryl methyl sites for hydroxylation is 1. The van der Waals surface area contributed by atoms with E-state index < -0.39 is 0 Å². The van der Waals surface area contributed by atoms with Crippen LogP contribution >= 0.6 is 0 Å². The smallest absolute Gasteiger partial charge is 0.254 e. The van der Waals surface area contributed by atoms with Gasteiger partial charge < -0.3 is 9.32 Å². The second-order valence-electron chi connectivity index (χ2n) is 6.83. The molecule has 6 heteroatoms. The van der Waals surface area contributed by atoms with Crippen molar-refractivity contribution in [1.82, 2.24) is 15.1 Å². The Morgan fingerprint density at radius 1 is 1.07 bits per heavy atom. The Hall–Kier alpha value is -3.02. The minimum atomic E-state index is -0.302. The molecule has 0 radical (unpaired) electrons. The van der Waals surface area contributed by atoms with E-state index >= 15 is 0 Å². The Bertz CT molecular complexity index is 944. The Labute approximate surface area is 156 Å². The molecule has 0 spiro atoms. The summed E-state index contributed by atoms with van der Waals surface area (Å²) >= 11 is 0. The van der Waals surface area contributed by atoms with Crippen LogP contribution in [0.25, 0.3) is 11.5 Å². The van der Waals surface area contributed by atoms with E-state index in [9.17, 15) is 9.18 Å². The van der Waals surface area contributed by atoms with Crippen molar-refractivity contribution in [3.8, 4) is 11.5 Å². The van der Waals surface area contributed by atoms with E-state index in [2.05, 4.69) is 10.2 Å². The molecule has 0 aliphatic carbocycles. The molecule has 3 aromatic rings. The normalized spacial score (nSPS) is 15.1. The quantitative estimate of drug-likeness (QED) is 0.698. The number of nitrogens with zero attached hydrogens (tertiary/aromatic N) is 3. The molecule has 1 fully saturated rings. The largest absolute Gasteiger partial charge is 0.420 e. The zero-order chi connectivity index (χ0) is 18.8. The molecule has 0 bridgehead atoms. The minimum Gasteiger partial charge on any atom is -0.420 e. The molecule has 5 nitrogen and oxygen atoms in total. The molecule has 27 heavy (non-hydrogen) atoms. The monoisotopic (exact) mass is 365 g/mol. The summed E-state index contributed by atoms with van der Waals surface area (Å²) in [7, 11) is 0. The van der Waals surface area contributed by atoms with Gasteiger partial charge in [-0.3, -0.25) is 4.79 Å². The fraction of sp³-hybridized carbons (Fsp3) is 0.286. The maximum Gasteiger partial charge on any atom is 0.254 e. The topological polar surface area (TPSA) is 59.2 Å². The van der Waals surface area contributed by atoms with E-state index in [0.717, 1.165) is 24.0 Å². The summed E-state index contributed by atoms with van der Waals surface area (Å²) in [5.41, 5.74) is 2.44. The number of hydrogen-bond acceptors (Lipinski definition) is 4. The lowest BCUT2D eigenvalue weighted by molar-refractivity contribution is 0.0705. The summed E-state index contributed by atoms with van der Waals surface area (Å²) in [4.78, 5) is 14.6. The Balaban J connectivity index is 1.42. The highest BCUT2D eigenvalue weighted by Crippen LogP contribution is 2.30. The lowest BCUT2D eigenvalue weighted by Crippen LogP contribution is -2.38. The van der Waals surface area contributed by atoms with Crippen LogP contribution in [-0.2, 0) is 0 Å². The van der Waals surface area contributed by atoms with Gasteiger partial charge in [-0.15, -0.1) is 10.2 Å². The number of rotatable bonds is 3. The van der Waals surface area contributed by atoms with E-state index in [0.29, 0.717) is 30.4 Å². The van der Waals surface area contributed by atoms with Gasteiger partial charge in [0.2, 0.25) is 11.8 Å². The molecule has 1 aromatic heterocycles. The van der Waals surface area contributed by atoms with Crippen molar-refractivity contribution in [3.05, 3.63) is 71.4 Å². The van der Waals surface area contributed by atoms with Crippen LogP contribution in [-0.4, -0.2) is 34.1 Å². The summed E-state index contributed by atoms with van der Waals surface area (Å²) in [6.45, 7) is 3.27. The van der Waals surface area contributed by atoms with E-state index in [1.165, 1.54) is 12.1 Å². The lowest BCUT2D eigenvalue weighted by Gasteiger charge is -2.30. The number of aromatic nitrogens is 2. The summed E-state index contributed by atoms with van der Waals surface area (Å²) in [6.07, 6.45) is 1.56. The fourth-order valence-corrected chi connectivity index (χ4v) is 3.42. The number of likely N-dealkylation sites (tertiary alicyclic amines) is 1. The molecule has 138 valence electrons. The summed E-state index contributed by atoms with van der Waals surface area (Å²) in [5.74, 6) is 0.876. The summed E-state index contributed by atoms with van der Waals surface area (Å²) in [6, 6.07) is 13.6. The standard InChI is InChI=1S/C21H20FN3O2/c1-14-4-2-3-5-18(14)21(26)25-12-10-16(11-13-25)20-24-23-19(27-20)15-6-8-17(22)9-7-15/h2-9,16H,10-13H2,1H3. The van der Waals surface area contributed by atoms with Crippen LogP contribution in [0.5, 0.6) is 0 Å². The van der Waals surface area contributed by atoms with Crippen LogP contribution in [0.3, 0.4) is 0 Å². The van der Waals surface area contributed by atoms with Gasteiger partial charge in [0.1, 0.15) is 5.82 Å². The molecule has 0 N–H and O–H groups in total. The molecule has 0 saturated carbocycles. The van der Waals surface area contributed by atoms with Crippen molar-refractivity contribution < 1.29 is 13.6 Å². The average Bonchev–Trinajstić information content (AvgIpc) is 3.19.